The van der Waals surface area contributed by atoms with Crippen molar-refractivity contribution in [2.45, 2.75) is 44.1 Å². The van der Waals surface area contributed by atoms with E-state index in [2.05, 4.69) is 65.8 Å². The minimum absolute atomic E-state index is 0.0919. The van der Waals surface area contributed by atoms with Crippen molar-refractivity contribution in [2.75, 3.05) is 6.54 Å². The van der Waals surface area contributed by atoms with Crippen LogP contribution in [-0.2, 0) is 0 Å². The molecule has 0 saturated carbocycles. The first-order valence-electron chi connectivity index (χ1n) is 8.23. The second kappa shape index (κ2) is 5.71. The van der Waals surface area contributed by atoms with Gasteiger partial charge in [-0.15, -0.1) is 0 Å². The lowest BCUT2D eigenvalue weighted by Crippen LogP contribution is -2.28. The first-order valence-corrected chi connectivity index (χ1v) is 9.11. The van der Waals surface area contributed by atoms with Crippen LogP contribution in [0.2, 0.25) is 0 Å². The zero-order valence-corrected chi connectivity index (χ0v) is 14.6. The summed E-state index contributed by atoms with van der Waals surface area (Å²) in [5.74, 6) is 0. The van der Waals surface area contributed by atoms with E-state index in [0.717, 1.165) is 12.2 Å². The zero-order valence-electron chi connectivity index (χ0n) is 13.8. The third kappa shape index (κ3) is 2.57. The van der Waals surface area contributed by atoms with E-state index in [-0.39, 0.29) is 12.1 Å². The first-order chi connectivity index (χ1) is 11.1. The van der Waals surface area contributed by atoms with Crippen molar-refractivity contribution in [3.05, 3.63) is 54.1 Å². The second-order valence-electron chi connectivity index (χ2n) is 6.62. The molecule has 0 bridgehead atoms. The quantitative estimate of drug-likeness (QED) is 0.853. The third-order valence-electron chi connectivity index (χ3n) is 4.56. The Bertz CT molecular complexity index is 722. The Morgan fingerprint density at radius 1 is 1.26 bits per heavy atom. The van der Waals surface area contributed by atoms with Crippen molar-refractivity contribution in [1.29, 1.82) is 0 Å². The molecule has 4 nitrogen and oxygen atoms in total. The average molecular weight is 326 g/mol. The average Bonchev–Trinajstić information content (AvgIpc) is 3.21. The Kier molecular flexibility index (Phi) is 3.68. The minimum Gasteiger partial charge on any atom is -0.351 e. The van der Waals surface area contributed by atoms with Crippen molar-refractivity contribution >= 4 is 16.9 Å². The molecule has 2 aromatic rings. The van der Waals surface area contributed by atoms with Crippen LogP contribution in [0.25, 0.3) is 0 Å². The van der Waals surface area contributed by atoms with E-state index >= 15 is 0 Å². The van der Waals surface area contributed by atoms with Crippen LogP contribution in [0.3, 0.4) is 0 Å². The van der Waals surface area contributed by atoms with E-state index in [1.165, 1.54) is 10.7 Å². The number of rotatable bonds is 3. The molecule has 23 heavy (non-hydrogen) atoms. The molecule has 0 radical (unpaired) electrons. The summed E-state index contributed by atoms with van der Waals surface area (Å²) in [4.78, 5) is 12.1. The summed E-state index contributed by atoms with van der Waals surface area (Å²) in [5, 5.41) is 1.78. The number of aliphatic imine (C=N–C) groups is 1. The normalized spacial score (nSPS) is 26.7. The Labute approximate surface area is 141 Å². The fraction of sp³-hybridized carbons (Fsp3) is 0.444. The molecule has 3 atom stereocenters. The molecule has 0 unspecified atom stereocenters. The van der Waals surface area contributed by atoms with Crippen LogP contribution in [0, 0.1) is 0 Å². The summed E-state index contributed by atoms with van der Waals surface area (Å²) in [7, 11) is 0. The SMILES string of the molecule is CC(C)n1ccc([C@H]2[C@H](c3ccccn3)N=C3S[C@H](C)CN32)c1. The number of thioether (sulfide) groups is 1. The van der Waals surface area contributed by atoms with Gasteiger partial charge in [-0.1, -0.05) is 24.8 Å². The monoisotopic (exact) mass is 326 g/mol. The van der Waals surface area contributed by atoms with E-state index in [1.54, 1.807) is 0 Å². The van der Waals surface area contributed by atoms with E-state index in [9.17, 15) is 0 Å². The van der Waals surface area contributed by atoms with Crippen LogP contribution < -0.4 is 0 Å². The predicted octanol–water partition coefficient (Wildman–Crippen LogP) is 4.05. The summed E-state index contributed by atoms with van der Waals surface area (Å²) < 4.78 is 2.27. The number of aromatic nitrogens is 2. The molecule has 4 rings (SSSR count). The van der Waals surface area contributed by atoms with Crippen LogP contribution in [0.1, 0.15) is 50.2 Å². The van der Waals surface area contributed by atoms with Crippen LogP contribution in [0.15, 0.2) is 47.8 Å². The Hall–Kier alpha value is -1.75. The lowest BCUT2D eigenvalue weighted by atomic mass is 9.99. The highest BCUT2D eigenvalue weighted by Gasteiger charge is 2.43. The lowest BCUT2D eigenvalue weighted by Gasteiger charge is -2.26. The van der Waals surface area contributed by atoms with Gasteiger partial charge >= 0.3 is 0 Å². The number of pyridine rings is 1. The van der Waals surface area contributed by atoms with Crippen LogP contribution >= 0.6 is 11.8 Å². The van der Waals surface area contributed by atoms with Crippen molar-refractivity contribution in [3.63, 3.8) is 0 Å². The summed E-state index contributed by atoms with van der Waals surface area (Å²) in [6.45, 7) is 7.76. The van der Waals surface area contributed by atoms with Gasteiger partial charge in [0.15, 0.2) is 5.17 Å². The molecule has 0 aliphatic carbocycles. The summed E-state index contributed by atoms with van der Waals surface area (Å²) >= 11 is 1.89. The number of nitrogens with zero attached hydrogens (tertiary/aromatic N) is 4. The van der Waals surface area contributed by atoms with Gasteiger partial charge in [-0.25, -0.2) is 0 Å². The second-order valence-corrected chi connectivity index (χ2v) is 8.03. The van der Waals surface area contributed by atoms with Crippen LogP contribution in [-0.4, -0.2) is 31.4 Å². The van der Waals surface area contributed by atoms with Gasteiger partial charge in [0, 0.05) is 36.4 Å². The molecule has 2 aromatic heterocycles. The highest BCUT2D eigenvalue weighted by molar-refractivity contribution is 8.14. The van der Waals surface area contributed by atoms with Gasteiger partial charge in [-0.3, -0.25) is 9.98 Å². The maximum atomic E-state index is 5.02. The van der Waals surface area contributed by atoms with Gasteiger partial charge < -0.3 is 9.47 Å². The topological polar surface area (TPSA) is 33.4 Å². The summed E-state index contributed by atoms with van der Waals surface area (Å²) in [6, 6.07) is 9.19. The third-order valence-corrected chi connectivity index (χ3v) is 5.66. The zero-order chi connectivity index (χ0) is 16.0. The molecule has 0 amide bonds. The lowest BCUT2D eigenvalue weighted by molar-refractivity contribution is 0.321. The van der Waals surface area contributed by atoms with E-state index in [1.807, 2.05) is 24.0 Å². The molecule has 0 spiro atoms. The largest absolute Gasteiger partial charge is 0.351 e. The molecular formula is C18H22N4S. The number of hydrogen-bond donors (Lipinski definition) is 0. The van der Waals surface area contributed by atoms with Gasteiger partial charge in [0.2, 0.25) is 0 Å². The maximum Gasteiger partial charge on any atom is 0.160 e. The summed E-state index contributed by atoms with van der Waals surface area (Å²) in [6.07, 6.45) is 6.32. The van der Waals surface area contributed by atoms with Crippen molar-refractivity contribution in [2.24, 2.45) is 4.99 Å². The molecule has 2 aliphatic rings. The van der Waals surface area contributed by atoms with E-state index in [0.29, 0.717) is 11.3 Å². The minimum atomic E-state index is 0.0919. The Morgan fingerprint density at radius 3 is 2.83 bits per heavy atom. The van der Waals surface area contributed by atoms with Crippen molar-refractivity contribution < 1.29 is 0 Å². The highest BCUT2D eigenvalue weighted by atomic mass is 32.2. The van der Waals surface area contributed by atoms with Gasteiger partial charge in [0.05, 0.1) is 11.7 Å². The number of amidine groups is 1. The maximum absolute atomic E-state index is 5.02. The number of fused-ring (bicyclic) bond motifs is 1. The fourth-order valence-electron chi connectivity index (χ4n) is 3.40. The molecule has 1 saturated heterocycles. The molecule has 2 aliphatic heterocycles. The van der Waals surface area contributed by atoms with Gasteiger partial charge in [0.25, 0.3) is 0 Å². The standard InChI is InChI=1S/C18H22N4S/c1-12(2)21-9-7-14(11-21)17-16(15-6-4-5-8-19-15)20-18-22(17)10-13(3)23-18/h4-9,11-13,16-17H,10H2,1-3H3/t13-,16+,17+/m1/s1. The van der Waals surface area contributed by atoms with Gasteiger partial charge in [-0.2, -0.15) is 0 Å². The molecule has 5 heteroatoms. The van der Waals surface area contributed by atoms with Crippen molar-refractivity contribution in [1.82, 2.24) is 14.5 Å². The van der Waals surface area contributed by atoms with Crippen molar-refractivity contribution in [3.8, 4) is 0 Å². The molecule has 0 N–H and O–H groups in total. The molecule has 1 fully saturated rings. The molecular weight excluding hydrogens is 304 g/mol. The predicted molar refractivity (Wildman–Crippen MR) is 95.7 cm³/mol. The van der Waals surface area contributed by atoms with Crippen LogP contribution in [0.4, 0.5) is 0 Å². The molecule has 4 heterocycles. The van der Waals surface area contributed by atoms with E-state index < -0.39 is 0 Å². The Balaban J connectivity index is 1.74. The Morgan fingerprint density at radius 2 is 2.13 bits per heavy atom. The first kappa shape index (κ1) is 14.8. The molecule has 120 valence electrons. The van der Waals surface area contributed by atoms with Gasteiger partial charge in [-0.05, 0) is 37.6 Å². The highest BCUT2D eigenvalue weighted by Crippen LogP contribution is 2.47. The number of hydrogen-bond acceptors (Lipinski definition) is 4. The summed E-state index contributed by atoms with van der Waals surface area (Å²) in [5.41, 5.74) is 2.40. The fourth-order valence-corrected chi connectivity index (χ4v) is 4.50. The van der Waals surface area contributed by atoms with Gasteiger partial charge in [0.1, 0.15) is 6.04 Å². The van der Waals surface area contributed by atoms with E-state index in [4.69, 9.17) is 4.99 Å². The van der Waals surface area contributed by atoms with Crippen LogP contribution in [0.5, 0.6) is 0 Å². The smallest absolute Gasteiger partial charge is 0.160 e. The molecule has 0 aromatic carbocycles.